The average molecular weight is 202 g/mol. The zero-order valence-corrected chi connectivity index (χ0v) is 10.1. The first-order valence-electron chi connectivity index (χ1n) is 5.34. The van der Waals surface area contributed by atoms with Crippen molar-refractivity contribution in [1.82, 2.24) is 0 Å². The monoisotopic (exact) mass is 202 g/mol. The second-order valence-electron chi connectivity index (χ2n) is 4.89. The Hall–Kier alpha value is 0.150. The predicted octanol–water partition coefficient (Wildman–Crippen LogP) is 2.83. The maximum absolute atomic E-state index is 11.3. The first-order chi connectivity index (χ1) is 5.99. The molecule has 78 valence electrons. The van der Waals surface area contributed by atoms with Crippen molar-refractivity contribution in [3.05, 3.63) is 0 Å². The summed E-state index contributed by atoms with van der Waals surface area (Å²) < 4.78 is 11.3. The van der Waals surface area contributed by atoms with E-state index in [4.69, 9.17) is 0 Å². The van der Waals surface area contributed by atoms with Crippen molar-refractivity contribution >= 4 is 10.8 Å². The minimum atomic E-state index is -0.520. The molecule has 0 saturated carbocycles. The molecule has 0 radical (unpaired) electrons. The van der Waals surface area contributed by atoms with Crippen LogP contribution in [0.5, 0.6) is 0 Å². The van der Waals surface area contributed by atoms with Crippen molar-refractivity contribution in [2.75, 3.05) is 11.5 Å². The van der Waals surface area contributed by atoms with E-state index in [9.17, 15) is 4.21 Å². The van der Waals surface area contributed by atoms with Crippen LogP contribution in [0.15, 0.2) is 0 Å². The zero-order chi connectivity index (χ0) is 10.1. The van der Waals surface area contributed by atoms with Crippen LogP contribution >= 0.6 is 0 Å². The molecule has 0 unspecified atom stereocenters. The summed E-state index contributed by atoms with van der Waals surface area (Å²) in [6.45, 7) is 9.25. The molecule has 1 heterocycles. The van der Waals surface area contributed by atoms with Crippen LogP contribution < -0.4 is 0 Å². The van der Waals surface area contributed by atoms with E-state index in [1.807, 2.05) is 0 Å². The van der Waals surface area contributed by atoms with Gasteiger partial charge in [-0.05, 0) is 30.1 Å². The molecule has 1 rings (SSSR count). The third-order valence-electron chi connectivity index (χ3n) is 3.89. The lowest BCUT2D eigenvalue weighted by atomic mass is 9.65. The largest absolute Gasteiger partial charge is 0.260 e. The number of rotatable bonds is 2. The summed E-state index contributed by atoms with van der Waals surface area (Å²) in [5.41, 5.74) is 0.466. The molecular formula is C11H22OS. The van der Waals surface area contributed by atoms with Gasteiger partial charge in [-0.15, -0.1) is 0 Å². The average Bonchev–Trinajstić information content (AvgIpc) is 2.04. The van der Waals surface area contributed by atoms with Crippen molar-refractivity contribution < 1.29 is 4.21 Å². The van der Waals surface area contributed by atoms with Gasteiger partial charge in [0, 0.05) is 22.3 Å². The topological polar surface area (TPSA) is 17.1 Å². The highest BCUT2D eigenvalue weighted by Gasteiger charge is 2.39. The van der Waals surface area contributed by atoms with Gasteiger partial charge in [0.15, 0.2) is 0 Å². The standard InChI is InChI=1S/C11H22OS/c1-9(2)11(10(3)4)5-7-13(12)8-6-11/h9-10H,5-8H2,1-4H3. The number of hydrogen-bond donors (Lipinski definition) is 0. The molecule has 1 nitrogen and oxygen atoms in total. The fourth-order valence-electron chi connectivity index (χ4n) is 2.66. The fraction of sp³-hybridized carbons (Fsp3) is 1.00. The molecule has 0 amide bonds. The molecule has 0 aromatic carbocycles. The van der Waals surface area contributed by atoms with Crippen LogP contribution in [0.2, 0.25) is 0 Å². The van der Waals surface area contributed by atoms with E-state index in [0.717, 1.165) is 36.2 Å². The van der Waals surface area contributed by atoms with Gasteiger partial charge in [0.25, 0.3) is 0 Å². The molecule has 2 heteroatoms. The molecule has 0 aromatic rings. The summed E-state index contributed by atoms with van der Waals surface area (Å²) in [6.07, 6.45) is 2.32. The third-order valence-corrected chi connectivity index (χ3v) is 5.21. The highest BCUT2D eigenvalue weighted by molar-refractivity contribution is 7.85. The molecule has 0 spiro atoms. The molecular weight excluding hydrogens is 180 g/mol. The van der Waals surface area contributed by atoms with E-state index in [1.165, 1.54) is 0 Å². The van der Waals surface area contributed by atoms with Crippen LogP contribution in [-0.2, 0) is 10.8 Å². The van der Waals surface area contributed by atoms with E-state index < -0.39 is 10.8 Å². The van der Waals surface area contributed by atoms with Crippen molar-refractivity contribution in [2.24, 2.45) is 17.3 Å². The number of hydrogen-bond acceptors (Lipinski definition) is 1. The first kappa shape index (κ1) is 11.2. The Kier molecular flexibility index (Phi) is 3.56. The van der Waals surface area contributed by atoms with Crippen LogP contribution in [-0.4, -0.2) is 15.7 Å². The van der Waals surface area contributed by atoms with E-state index in [0.29, 0.717) is 5.41 Å². The van der Waals surface area contributed by atoms with Crippen LogP contribution in [0.4, 0.5) is 0 Å². The summed E-state index contributed by atoms with van der Waals surface area (Å²) in [7, 11) is -0.520. The first-order valence-corrected chi connectivity index (χ1v) is 6.83. The van der Waals surface area contributed by atoms with Crippen molar-refractivity contribution in [3.8, 4) is 0 Å². The molecule has 0 aliphatic carbocycles. The smallest absolute Gasteiger partial charge is 0.0240 e. The van der Waals surface area contributed by atoms with Gasteiger partial charge < -0.3 is 0 Å². The second-order valence-corrected chi connectivity index (χ2v) is 6.59. The Morgan fingerprint density at radius 2 is 1.38 bits per heavy atom. The van der Waals surface area contributed by atoms with Gasteiger partial charge in [0.05, 0.1) is 0 Å². The van der Waals surface area contributed by atoms with Crippen LogP contribution in [0, 0.1) is 17.3 Å². The van der Waals surface area contributed by atoms with Gasteiger partial charge in [-0.25, -0.2) is 0 Å². The summed E-state index contributed by atoms with van der Waals surface area (Å²) >= 11 is 0. The molecule has 1 aliphatic rings. The lowest BCUT2D eigenvalue weighted by Crippen LogP contribution is -2.39. The van der Waals surface area contributed by atoms with Gasteiger partial charge in [-0.2, -0.15) is 0 Å². The van der Waals surface area contributed by atoms with E-state index in [2.05, 4.69) is 27.7 Å². The van der Waals surface area contributed by atoms with Gasteiger partial charge in [0.1, 0.15) is 0 Å². The lowest BCUT2D eigenvalue weighted by Gasteiger charge is -2.44. The van der Waals surface area contributed by atoms with Crippen molar-refractivity contribution in [1.29, 1.82) is 0 Å². The molecule has 0 atom stereocenters. The summed E-state index contributed by atoms with van der Waals surface area (Å²) in [5, 5.41) is 0. The predicted molar refractivity (Wildman–Crippen MR) is 59.2 cm³/mol. The molecule has 13 heavy (non-hydrogen) atoms. The summed E-state index contributed by atoms with van der Waals surface area (Å²) in [6, 6.07) is 0. The Morgan fingerprint density at radius 3 is 1.69 bits per heavy atom. The van der Waals surface area contributed by atoms with E-state index >= 15 is 0 Å². The van der Waals surface area contributed by atoms with Crippen molar-refractivity contribution in [2.45, 2.75) is 40.5 Å². The lowest BCUT2D eigenvalue weighted by molar-refractivity contribution is 0.0973. The van der Waals surface area contributed by atoms with Gasteiger partial charge >= 0.3 is 0 Å². The maximum atomic E-state index is 11.3. The molecule has 0 aromatic heterocycles. The summed E-state index contributed by atoms with van der Waals surface area (Å²) in [5.74, 6) is 3.31. The van der Waals surface area contributed by atoms with Crippen LogP contribution in [0.1, 0.15) is 40.5 Å². The van der Waals surface area contributed by atoms with E-state index in [1.54, 1.807) is 0 Å². The minimum Gasteiger partial charge on any atom is -0.260 e. The quantitative estimate of drug-likeness (QED) is 0.673. The highest BCUT2D eigenvalue weighted by Crippen LogP contribution is 2.44. The normalized spacial score (nSPS) is 24.2. The Bertz CT molecular complexity index is 176. The Labute approximate surface area is 84.8 Å². The van der Waals surface area contributed by atoms with Crippen molar-refractivity contribution in [3.63, 3.8) is 0 Å². The minimum absolute atomic E-state index is 0.466. The highest BCUT2D eigenvalue weighted by atomic mass is 32.2. The molecule has 0 bridgehead atoms. The maximum Gasteiger partial charge on any atom is 0.0240 e. The van der Waals surface area contributed by atoms with Gasteiger partial charge in [-0.3, -0.25) is 4.21 Å². The zero-order valence-electron chi connectivity index (χ0n) is 9.30. The fourth-order valence-corrected chi connectivity index (χ4v) is 4.08. The molecule has 1 saturated heterocycles. The summed E-state index contributed by atoms with van der Waals surface area (Å²) in [4.78, 5) is 0. The Morgan fingerprint density at radius 1 is 1.00 bits per heavy atom. The van der Waals surface area contributed by atoms with Crippen LogP contribution in [0.25, 0.3) is 0 Å². The molecule has 1 aliphatic heterocycles. The Balaban J connectivity index is 2.75. The molecule has 0 N–H and O–H groups in total. The van der Waals surface area contributed by atoms with Crippen LogP contribution in [0.3, 0.4) is 0 Å². The van der Waals surface area contributed by atoms with E-state index in [-0.39, 0.29) is 0 Å². The SMILES string of the molecule is CC(C)C1(C(C)C)CCS(=O)CC1. The van der Waals surface area contributed by atoms with Gasteiger partial charge in [0.2, 0.25) is 0 Å². The second kappa shape index (κ2) is 4.12. The third kappa shape index (κ3) is 2.15. The van der Waals surface area contributed by atoms with Gasteiger partial charge in [-0.1, -0.05) is 27.7 Å². The molecule has 1 fully saturated rings.